The Bertz CT molecular complexity index is 315. The summed E-state index contributed by atoms with van der Waals surface area (Å²) in [5.74, 6) is 0.0117. The molecule has 82 valence electrons. The van der Waals surface area contributed by atoms with E-state index in [0.29, 0.717) is 0 Å². The van der Waals surface area contributed by atoms with Crippen LogP contribution in [0.1, 0.15) is 36.0 Å². The van der Waals surface area contributed by atoms with Gasteiger partial charge < -0.3 is 10.4 Å². The number of nitrogens with one attached hydrogen (secondary N) is 1. The first-order valence-electron chi connectivity index (χ1n) is 5.27. The van der Waals surface area contributed by atoms with Crippen LogP contribution in [0, 0.1) is 0 Å². The summed E-state index contributed by atoms with van der Waals surface area (Å²) in [7, 11) is 0. The highest BCUT2D eigenvalue weighted by atomic mass is 32.1. The summed E-state index contributed by atoms with van der Waals surface area (Å²) in [6.45, 7) is 0. The first-order chi connectivity index (χ1) is 7.25. The van der Waals surface area contributed by atoms with Crippen molar-refractivity contribution in [2.45, 2.75) is 37.8 Å². The lowest BCUT2D eigenvalue weighted by Gasteiger charge is -2.25. The Hall–Kier alpha value is -0.870. The summed E-state index contributed by atoms with van der Waals surface area (Å²) in [6, 6.07) is 2.07. The molecule has 4 heteroatoms. The summed E-state index contributed by atoms with van der Waals surface area (Å²) in [4.78, 5) is 11.7. The van der Waals surface area contributed by atoms with Crippen molar-refractivity contribution in [1.29, 1.82) is 0 Å². The molecule has 0 radical (unpaired) electrons. The van der Waals surface area contributed by atoms with E-state index in [1.807, 2.05) is 16.8 Å². The molecule has 1 fully saturated rings. The second-order valence-electron chi connectivity index (χ2n) is 3.99. The van der Waals surface area contributed by atoms with Gasteiger partial charge in [-0.15, -0.1) is 0 Å². The molecule has 0 spiro atoms. The highest BCUT2D eigenvalue weighted by Gasteiger charge is 2.21. The first-order valence-corrected chi connectivity index (χ1v) is 6.21. The molecule has 1 heterocycles. The van der Waals surface area contributed by atoms with Crippen molar-refractivity contribution >= 4 is 17.2 Å². The van der Waals surface area contributed by atoms with Crippen molar-refractivity contribution in [3.63, 3.8) is 0 Å². The molecule has 1 aromatic heterocycles. The number of carbonyl (C=O) groups is 1. The Balaban J connectivity index is 1.85. The number of hydrogen-bond donors (Lipinski definition) is 2. The maximum atomic E-state index is 11.7. The normalized spacial score (nSPS) is 26.2. The second-order valence-corrected chi connectivity index (χ2v) is 4.77. The Morgan fingerprint density at radius 2 is 2.13 bits per heavy atom. The van der Waals surface area contributed by atoms with Crippen molar-refractivity contribution in [2.75, 3.05) is 0 Å². The van der Waals surface area contributed by atoms with Gasteiger partial charge in [-0.25, -0.2) is 0 Å². The van der Waals surface area contributed by atoms with E-state index in [4.69, 9.17) is 0 Å². The van der Waals surface area contributed by atoms with E-state index < -0.39 is 0 Å². The summed E-state index contributed by atoms with van der Waals surface area (Å²) in [6.07, 6.45) is 3.20. The van der Waals surface area contributed by atoms with Crippen LogP contribution in [0.4, 0.5) is 0 Å². The predicted octanol–water partition coefficient (Wildman–Crippen LogP) is 1.78. The highest BCUT2D eigenvalue weighted by molar-refractivity contribution is 7.08. The second kappa shape index (κ2) is 4.77. The molecule has 2 rings (SSSR count). The van der Waals surface area contributed by atoms with Gasteiger partial charge in [0.1, 0.15) is 0 Å². The number of aliphatic hydroxyl groups is 1. The van der Waals surface area contributed by atoms with Crippen LogP contribution in [0.3, 0.4) is 0 Å². The number of rotatable bonds is 2. The van der Waals surface area contributed by atoms with E-state index in [1.165, 1.54) is 11.3 Å². The van der Waals surface area contributed by atoms with Gasteiger partial charge in [0.25, 0.3) is 5.91 Å². The van der Waals surface area contributed by atoms with Crippen molar-refractivity contribution in [2.24, 2.45) is 0 Å². The van der Waals surface area contributed by atoms with Crippen molar-refractivity contribution < 1.29 is 9.90 Å². The largest absolute Gasteiger partial charge is 0.393 e. The van der Waals surface area contributed by atoms with Gasteiger partial charge in [-0.1, -0.05) is 0 Å². The summed E-state index contributed by atoms with van der Waals surface area (Å²) >= 11 is 1.53. The molecule has 1 aliphatic rings. The minimum absolute atomic E-state index is 0.0117. The molecule has 1 aromatic rings. The fraction of sp³-hybridized carbons (Fsp3) is 0.545. The van der Waals surface area contributed by atoms with Crippen LogP contribution < -0.4 is 5.32 Å². The fourth-order valence-electron chi connectivity index (χ4n) is 1.88. The molecular formula is C11H15NO2S. The van der Waals surface area contributed by atoms with Crippen LogP contribution in [0.5, 0.6) is 0 Å². The molecule has 0 unspecified atom stereocenters. The van der Waals surface area contributed by atoms with Crippen LogP contribution in [0.2, 0.25) is 0 Å². The maximum Gasteiger partial charge on any atom is 0.252 e. The number of aliphatic hydroxyl groups excluding tert-OH is 1. The molecule has 0 aliphatic heterocycles. The summed E-state index contributed by atoms with van der Waals surface area (Å²) < 4.78 is 0. The van der Waals surface area contributed by atoms with E-state index in [0.717, 1.165) is 31.2 Å². The van der Waals surface area contributed by atoms with Crippen LogP contribution in [0.15, 0.2) is 16.8 Å². The molecule has 15 heavy (non-hydrogen) atoms. The minimum atomic E-state index is -0.167. The van der Waals surface area contributed by atoms with Crippen LogP contribution in [0.25, 0.3) is 0 Å². The lowest BCUT2D eigenvalue weighted by molar-refractivity contribution is 0.0868. The van der Waals surface area contributed by atoms with Gasteiger partial charge in [-0.05, 0) is 37.1 Å². The first kappa shape index (κ1) is 10.6. The molecule has 1 amide bonds. The van der Waals surface area contributed by atoms with Gasteiger partial charge in [0, 0.05) is 17.0 Å². The third kappa shape index (κ3) is 2.79. The van der Waals surface area contributed by atoms with Gasteiger partial charge in [0.2, 0.25) is 0 Å². The van der Waals surface area contributed by atoms with Crippen LogP contribution in [-0.2, 0) is 0 Å². The monoisotopic (exact) mass is 225 g/mol. The third-order valence-corrected chi connectivity index (χ3v) is 3.50. The molecule has 0 atom stereocenters. The van der Waals surface area contributed by atoms with Gasteiger partial charge in [-0.3, -0.25) is 4.79 Å². The number of carbonyl (C=O) groups excluding carboxylic acids is 1. The molecule has 1 aliphatic carbocycles. The molecule has 1 saturated carbocycles. The zero-order chi connectivity index (χ0) is 10.7. The van der Waals surface area contributed by atoms with Gasteiger partial charge in [0.05, 0.1) is 6.10 Å². The molecule has 3 nitrogen and oxygen atoms in total. The van der Waals surface area contributed by atoms with Crippen LogP contribution >= 0.6 is 11.3 Å². The lowest BCUT2D eigenvalue weighted by atomic mass is 9.93. The van der Waals surface area contributed by atoms with Crippen molar-refractivity contribution in [1.82, 2.24) is 5.32 Å². The third-order valence-electron chi connectivity index (χ3n) is 2.82. The SMILES string of the molecule is O=C(NC1CCC(O)CC1)c1ccsc1. The number of thiophene rings is 1. The standard InChI is InChI=1S/C11H15NO2S/c13-10-3-1-9(2-4-10)12-11(14)8-5-6-15-7-8/h5-7,9-10,13H,1-4H2,(H,12,14). The highest BCUT2D eigenvalue weighted by Crippen LogP contribution is 2.18. The van der Waals surface area contributed by atoms with Gasteiger partial charge in [-0.2, -0.15) is 11.3 Å². The molecule has 0 aromatic carbocycles. The predicted molar refractivity (Wildman–Crippen MR) is 60.0 cm³/mol. The van der Waals surface area contributed by atoms with Crippen molar-refractivity contribution in [3.8, 4) is 0 Å². The molecule has 0 bridgehead atoms. The van der Waals surface area contributed by atoms with Crippen molar-refractivity contribution in [3.05, 3.63) is 22.4 Å². The fourth-order valence-corrected chi connectivity index (χ4v) is 2.52. The van der Waals surface area contributed by atoms with E-state index in [-0.39, 0.29) is 18.1 Å². The van der Waals surface area contributed by atoms with E-state index >= 15 is 0 Å². The molecule has 2 N–H and O–H groups in total. The number of amides is 1. The Kier molecular flexibility index (Phi) is 3.38. The Morgan fingerprint density at radius 1 is 1.40 bits per heavy atom. The van der Waals surface area contributed by atoms with E-state index in [2.05, 4.69) is 5.32 Å². The summed E-state index contributed by atoms with van der Waals surface area (Å²) in [5.41, 5.74) is 0.742. The Labute approximate surface area is 93.1 Å². The van der Waals surface area contributed by atoms with E-state index in [1.54, 1.807) is 0 Å². The minimum Gasteiger partial charge on any atom is -0.393 e. The summed E-state index contributed by atoms with van der Waals surface area (Å²) in [5, 5.41) is 16.1. The lowest BCUT2D eigenvalue weighted by Crippen LogP contribution is -2.38. The average molecular weight is 225 g/mol. The molecular weight excluding hydrogens is 210 g/mol. The zero-order valence-corrected chi connectivity index (χ0v) is 9.30. The quantitative estimate of drug-likeness (QED) is 0.806. The van der Waals surface area contributed by atoms with Crippen LogP contribution in [-0.4, -0.2) is 23.2 Å². The Morgan fingerprint density at radius 3 is 2.73 bits per heavy atom. The average Bonchev–Trinajstić information content (AvgIpc) is 2.74. The smallest absolute Gasteiger partial charge is 0.252 e. The van der Waals surface area contributed by atoms with Gasteiger partial charge >= 0.3 is 0 Å². The number of hydrogen-bond acceptors (Lipinski definition) is 3. The topological polar surface area (TPSA) is 49.3 Å². The maximum absolute atomic E-state index is 11.7. The zero-order valence-electron chi connectivity index (χ0n) is 8.48. The molecule has 0 saturated heterocycles. The van der Waals surface area contributed by atoms with E-state index in [9.17, 15) is 9.90 Å². The van der Waals surface area contributed by atoms with Gasteiger partial charge in [0.15, 0.2) is 0 Å².